The molecular formula is C15H18N2O3S. The molecule has 0 heterocycles. The van der Waals surface area contributed by atoms with E-state index in [1.807, 2.05) is 6.07 Å². The fraction of sp³-hybridized carbons (Fsp3) is 0.200. The van der Waals surface area contributed by atoms with Crippen molar-refractivity contribution in [3.05, 3.63) is 65.7 Å². The maximum absolute atomic E-state index is 11.9. The number of nitrogens with one attached hydrogen (secondary N) is 1. The topological polar surface area (TPSA) is 92.4 Å². The fourth-order valence-electron chi connectivity index (χ4n) is 1.89. The molecule has 2 aromatic carbocycles. The fourth-order valence-corrected chi connectivity index (χ4v) is 3.03. The van der Waals surface area contributed by atoms with Gasteiger partial charge in [-0.15, -0.1) is 0 Å². The molecule has 4 N–H and O–H groups in total. The minimum Gasteiger partial charge on any atom is -0.399 e. The van der Waals surface area contributed by atoms with Crippen LogP contribution >= 0.6 is 0 Å². The van der Waals surface area contributed by atoms with Crippen molar-refractivity contribution in [3.8, 4) is 0 Å². The third kappa shape index (κ3) is 4.86. The molecule has 21 heavy (non-hydrogen) atoms. The van der Waals surface area contributed by atoms with E-state index in [2.05, 4.69) is 4.72 Å². The number of nitrogens with two attached hydrogens (primary N) is 1. The van der Waals surface area contributed by atoms with Gasteiger partial charge in [-0.3, -0.25) is 0 Å². The molecular weight excluding hydrogens is 288 g/mol. The van der Waals surface area contributed by atoms with E-state index in [1.54, 1.807) is 48.5 Å². The van der Waals surface area contributed by atoms with Crippen LogP contribution in [0.15, 0.2) is 54.6 Å². The molecule has 0 saturated carbocycles. The van der Waals surface area contributed by atoms with Crippen molar-refractivity contribution < 1.29 is 13.5 Å². The molecule has 6 heteroatoms. The highest BCUT2D eigenvalue weighted by Gasteiger charge is 2.14. The van der Waals surface area contributed by atoms with Crippen molar-refractivity contribution in [1.82, 2.24) is 4.72 Å². The van der Waals surface area contributed by atoms with Crippen molar-refractivity contribution in [2.75, 3.05) is 12.3 Å². The zero-order chi connectivity index (χ0) is 15.3. The second kappa shape index (κ2) is 6.71. The lowest BCUT2D eigenvalue weighted by Crippen LogP contribution is -2.29. The van der Waals surface area contributed by atoms with Gasteiger partial charge in [-0.25, -0.2) is 13.1 Å². The Hall–Kier alpha value is -1.89. The van der Waals surface area contributed by atoms with Crippen LogP contribution in [0.1, 0.15) is 17.2 Å². The maximum Gasteiger partial charge on any atom is 0.215 e. The number of hydrogen-bond donors (Lipinski definition) is 3. The van der Waals surface area contributed by atoms with Gasteiger partial charge in [0.15, 0.2) is 0 Å². The molecule has 0 aliphatic heterocycles. The first-order valence-electron chi connectivity index (χ1n) is 6.51. The van der Waals surface area contributed by atoms with E-state index in [0.29, 0.717) is 16.8 Å². The molecule has 1 atom stereocenters. The van der Waals surface area contributed by atoms with Crippen LogP contribution in [-0.4, -0.2) is 20.1 Å². The van der Waals surface area contributed by atoms with Crippen LogP contribution in [0, 0.1) is 0 Å². The van der Waals surface area contributed by atoms with Gasteiger partial charge >= 0.3 is 0 Å². The average Bonchev–Trinajstić information content (AvgIpc) is 2.46. The van der Waals surface area contributed by atoms with Crippen LogP contribution in [0.2, 0.25) is 0 Å². The summed E-state index contributed by atoms with van der Waals surface area (Å²) in [5, 5.41) is 9.97. The van der Waals surface area contributed by atoms with Crippen molar-refractivity contribution in [2.45, 2.75) is 11.9 Å². The molecule has 2 rings (SSSR count). The van der Waals surface area contributed by atoms with Crippen LogP contribution in [-0.2, 0) is 15.8 Å². The van der Waals surface area contributed by atoms with Gasteiger partial charge in [-0.1, -0.05) is 42.5 Å². The first-order valence-corrected chi connectivity index (χ1v) is 8.16. The molecule has 0 radical (unpaired) electrons. The Labute approximate surface area is 124 Å². The minimum absolute atomic E-state index is 0.0704. The SMILES string of the molecule is Nc1ccc(C(O)CNS(=O)(=O)Cc2ccccc2)cc1. The van der Waals surface area contributed by atoms with E-state index >= 15 is 0 Å². The smallest absolute Gasteiger partial charge is 0.215 e. The normalized spacial score (nSPS) is 13.0. The molecule has 2 aromatic rings. The van der Waals surface area contributed by atoms with Gasteiger partial charge in [0.1, 0.15) is 0 Å². The standard InChI is InChI=1S/C15H18N2O3S/c16-14-8-6-13(7-9-14)15(18)10-17-21(19,20)11-12-4-2-1-3-5-12/h1-9,15,17-18H,10-11,16H2. The molecule has 0 amide bonds. The number of aliphatic hydroxyl groups is 1. The van der Waals surface area contributed by atoms with Crippen LogP contribution in [0.4, 0.5) is 5.69 Å². The Morgan fingerprint density at radius 1 is 1.05 bits per heavy atom. The molecule has 0 aromatic heterocycles. The monoisotopic (exact) mass is 306 g/mol. The van der Waals surface area contributed by atoms with E-state index in [9.17, 15) is 13.5 Å². The predicted octanol–water partition coefficient (Wildman–Crippen LogP) is 1.42. The Kier molecular flexibility index (Phi) is 4.95. The molecule has 1 unspecified atom stereocenters. The highest BCUT2D eigenvalue weighted by Crippen LogP contribution is 2.14. The molecule has 112 valence electrons. The van der Waals surface area contributed by atoms with E-state index < -0.39 is 16.1 Å². The van der Waals surface area contributed by atoms with Crippen LogP contribution in [0.25, 0.3) is 0 Å². The molecule has 0 saturated heterocycles. The third-order valence-corrected chi connectivity index (χ3v) is 4.34. The number of sulfonamides is 1. The predicted molar refractivity (Wildman–Crippen MR) is 82.9 cm³/mol. The van der Waals surface area contributed by atoms with Crippen molar-refractivity contribution in [2.24, 2.45) is 0 Å². The summed E-state index contributed by atoms with van der Waals surface area (Å²) in [7, 11) is -3.48. The van der Waals surface area contributed by atoms with Crippen LogP contribution < -0.4 is 10.5 Å². The van der Waals surface area contributed by atoms with Gasteiger partial charge in [-0.05, 0) is 23.3 Å². The molecule has 0 fully saturated rings. The molecule has 5 nitrogen and oxygen atoms in total. The lowest BCUT2D eigenvalue weighted by atomic mass is 10.1. The molecule has 0 spiro atoms. The number of anilines is 1. The minimum atomic E-state index is -3.48. The first kappa shape index (κ1) is 15.5. The highest BCUT2D eigenvalue weighted by atomic mass is 32.2. The van der Waals surface area contributed by atoms with E-state index in [4.69, 9.17) is 5.73 Å². The first-order chi connectivity index (χ1) is 9.96. The molecule has 0 aliphatic rings. The lowest BCUT2D eigenvalue weighted by molar-refractivity contribution is 0.182. The highest BCUT2D eigenvalue weighted by molar-refractivity contribution is 7.88. The van der Waals surface area contributed by atoms with E-state index in [1.165, 1.54) is 0 Å². The van der Waals surface area contributed by atoms with Crippen LogP contribution in [0.3, 0.4) is 0 Å². The summed E-state index contributed by atoms with van der Waals surface area (Å²) < 4.78 is 26.3. The number of aliphatic hydroxyl groups excluding tert-OH is 1. The maximum atomic E-state index is 11.9. The number of rotatable bonds is 6. The van der Waals surface area contributed by atoms with Crippen molar-refractivity contribution >= 4 is 15.7 Å². The summed E-state index contributed by atoms with van der Waals surface area (Å²) in [4.78, 5) is 0. The number of hydrogen-bond acceptors (Lipinski definition) is 4. The zero-order valence-electron chi connectivity index (χ0n) is 11.4. The Bertz CT molecular complexity index is 670. The summed E-state index contributed by atoms with van der Waals surface area (Å²) >= 11 is 0. The molecule has 0 aliphatic carbocycles. The summed E-state index contributed by atoms with van der Waals surface area (Å²) in [6, 6.07) is 15.6. The lowest BCUT2D eigenvalue weighted by Gasteiger charge is -2.13. The summed E-state index contributed by atoms with van der Waals surface area (Å²) in [5.41, 5.74) is 7.47. The molecule has 0 bridgehead atoms. The quantitative estimate of drug-likeness (QED) is 0.704. The van der Waals surface area contributed by atoms with Crippen LogP contribution in [0.5, 0.6) is 0 Å². The average molecular weight is 306 g/mol. The Balaban J connectivity index is 1.93. The third-order valence-electron chi connectivity index (χ3n) is 3.02. The second-order valence-corrected chi connectivity index (χ2v) is 6.58. The Morgan fingerprint density at radius 3 is 2.29 bits per heavy atom. The van der Waals surface area contributed by atoms with Crippen molar-refractivity contribution in [1.29, 1.82) is 0 Å². The Morgan fingerprint density at radius 2 is 1.67 bits per heavy atom. The van der Waals surface area contributed by atoms with Crippen molar-refractivity contribution in [3.63, 3.8) is 0 Å². The zero-order valence-corrected chi connectivity index (χ0v) is 12.3. The van der Waals surface area contributed by atoms with Gasteiger partial charge in [0.05, 0.1) is 11.9 Å². The summed E-state index contributed by atoms with van der Waals surface area (Å²) in [5.74, 6) is -0.109. The number of benzene rings is 2. The second-order valence-electron chi connectivity index (χ2n) is 4.78. The van der Waals surface area contributed by atoms with Gasteiger partial charge < -0.3 is 10.8 Å². The summed E-state index contributed by atoms with van der Waals surface area (Å²) in [6.45, 7) is -0.0704. The summed E-state index contributed by atoms with van der Waals surface area (Å²) in [6.07, 6.45) is -0.906. The van der Waals surface area contributed by atoms with E-state index in [-0.39, 0.29) is 12.3 Å². The van der Waals surface area contributed by atoms with Gasteiger partial charge in [-0.2, -0.15) is 0 Å². The van der Waals surface area contributed by atoms with Gasteiger partial charge in [0.2, 0.25) is 10.0 Å². The van der Waals surface area contributed by atoms with E-state index in [0.717, 1.165) is 0 Å². The largest absolute Gasteiger partial charge is 0.399 e. The van der Waals surface area contributed by atoms with Gasteiger partial charge in [0.25, 0.3) is 0 Å². The van der Waals surface area contributed by atoms with Gasteiger partial charge in [0, 0.05) is 12.2 Å². The number of nitrogen functional groups attached to an aromatic ring is 1.